The molecule has 1 saturated heterocycles. The van der Waals surface area contributed by atoms with Crippen molar-refractivity contribution in [3.63, 3.8) is 0 Å². The average Bonchev–Trinajstić information content (AvgIpc) is 3.00. The van der Waals surface area contributed by atoms with E-state index in [1.54, 1.807) is 12.1 Å². The molecule has 0 amide bonds. The van der Waals surface area contributed by atoms with E-state index in [0.29, 0.717) is 18.0 Å². The molecule has 0 spiro atoms. The molecule has 1 saturated carbocycles. The van der Waals surface area contributed by atoms with Crippen LogP contribution in [0.4, 0.5) is 4.39 Å². The second-order valence-electron chi connectivity index (χ2n) is 5.99. The summed E-state index contributed by atoms with van der Waals surface area (Å²) >= 11 is 0. The van der Waals surface area contributed by atoms with Crippen molar-refractivity contribution in [3.8, 4) is 6.07 Å². The van der Waals surface area contributed by atoms with Gasteiger partial charge in [0.05, 0.1) is 11.6 Å². The van der Waals surface area contributed by atoms with E-state index >= 15 is 0 Å². The fourth-order valence-electron chi connectivity index (χ4n) is 3.86. The summed E-state index contributed by atoms with van der Waals surface area (Å²) in [6.45, 7) is 1.02. The lowest BCUT2D eigenvalue weighted by molar-refractivity contribution is -0.143. The number of hydrogen-bond donors (Lipinski definition) is 1. The predicted molar refractivity (Wildman–Crippen MR) is 73.8 cm³/mol. The van der Waals surface area contributed by atoms with Crippen LogP contribution in [0.5, 0.6) is 0 Å². The Balaban J connectivity index is 1.81. The Bertz CT molecular complexity index is 611. The normalized spacial score (nSPS) is 28.3. The Morgan fingerprint density at radius 3 is 2.95 bits per heavy atom. The van der Waals surface area contributed by atoms with Crippen LogP contribution < -0.4 is 0 Å². The van der Waals surface area contributed by atoms with Crippen molar-refractivity contribution in [2.24, 2.45) is 11.8 Å². The smallest absolute Gasteiger partial charge is 0.321 e. The van der Waals surface area contributed by atoms with Crippen LogP contribution in [-0.2, 0) is 11.3 Å². The lowest BCUT2D eigenvalue weighted by atomic mass is 9.94. The molecule has 110 valence electrons. The van der Waals surface area contributed by atoms with E-state index in [0.717, 1.165) is 25.8 Å². The summed E-state index contributed by atoms with van der Waals surface area (Å²) in [6.07, 6.45) is 3.12. The highest BCUT2D eigenvalue weighted by Gasteiger charge is 2.47. The van der Waals surface area contributed by atoms with Crippen LogP contribution >= 0.6 is 0 Å². The summed E-state index contributed by atoms with van der Waals surface area (Å²) in [5, 5.41) is 18.2. The fourth-order valence-corrected chi connectivity index (χ4v) is 3.86. The second kappa shape index (κ2) is 5.45. The van der Waals surface area contributed by atoms with Crippen LogP contribution in [-0.4, -0.2) is 28.6 Å². The molecule has 1 aromatic rings. The minimum atomic E-state index is -0.807. The van der Waals surface area contributed by atoms with Gasteiger partial charge in [-0.05, 0) is 36.8 Å². The van der Waals surface area contributed by atoms with Crippen molar-refractivity contribution < 1.29 is 14.3 Å². The maximum absolute atomic E-state index is 14.0. The Kier molecular flexibility index (Phi) is 3.64. The van der Waals surface area contributed by atoms with Crippen LogP contribution in [0.25, 0.3) is 0 Å². The largest absolute Gasteiger partial charge is 0.480 e. The van der Waals surface area contributed by atoms with Gasteiger partial charge in [-0.2, -0.15) is 5.26 Å². The highest BCUT2D eigenvalue weighted by Crippen LogP contribution is 2.42. The fraction of sp³-hybridized carbons (Fsp3) is 0.500. The highest BCUT2D eigenvalue weighted by atomic mass is 19.1. The van der Waals surface area contributed by atoms with Crippen LogP contribution in [0.15, 0.2) is 18.2 Å². The maximum Gasteiger partial charge on any atom is 0.321 e. The summed E-state index contributed by atoms with van der Waals surface area (Å²) < 4.78 is 14.0. The number of carbonyl (C=O) groups is 1. The van der Waals surface area contributed by atoms with Crippen LogP contribution in [0, 0.1) is 29.0 Å². The summed E-state index contributed by atoms with van der Waals surface area (Å²) in [5.74, 6) is -0.620. The number of nitrogens with zero attached hydrogens (tertiary/aromatic N) is 2. The maximum atomic E-state index is 14.0. The molecule has 3 unspecified atom stereocenters. The number of rotatable bonds is 3. The third kappa shape index (κ3) is 2.52. The van der Waals surface area contributed by atoms with Gasteiger partial charge in [-0.1, -0.05) is 12.5 Å². The standard InChI is InChI=1S/C16H17FN2O2/c17-14-6-10(7-18)4-5-12(14)9-19-8-11-2-1-3-13(11)15(19)16(20)21/h4-6,11,13,15H,1-3,8-9H2,(H,20,21). The minimum Gasteiger partial charge on any atom is -0.480 e. The van der Waals surface area contributed by atoms with E-state index in [1.165, 1.54) is 6.07 Å². The Labute approximate surface area is 122 Å². The molecule has 3 rings (SSSR count). The molecule has 21 heavy (non-hydrogen) atoms. The zero-order valence-corrected chi connectivity index (χ0v) is 11.6. The molecule has 1 N–H and O–H groups in total. The van der Waals surface area contributed by atoms with Gasteiger partial charge in [0, 0.05) is 18.7 Å². The zero-order valence-electron chi connectivity index (χ0n) is 11.6. The first-order chi connectivity index (χ1) is 10.1. The number of likely N-dealkylation sites (tertiary alicyclic amines) is 1. The van der Waals surface area contributed by atoms with Crippen LogP contribution in [0.1, 0.15) is 30.4 Å². The van der Waals surface area contributed by atoms with Crippen LogP contribution in [0.3, 0.4) is 0 Å². The molecule has 2 fully saturated rings. The van der Waals surface area contributed by atoms with Gasteiger partial charge < -0.3 is 5.11 Å². The number of halogens is 1. The lowest BCUT2D eigenvalue weighted by Gasteiger charge is -2.24. The van der Waals surface area contributed by atoms with Crippen molar-refractivity contribution in [3.05, 3.63) is 35.1 Å². The molecule has 1 aliphatic heterocycles. The molecule has 1 aliphatic carbocycles. The van der Waals surface area contributed by atoms with E-state index in [9.17, 15) is 14.3 Å². The molecule has 5 heteroatoms. The molecule has 0 bridgehead atoms. The van der Waals surface area contributed by atoms with Crippen LogP contribution in [0.2, 0.25) is 0 Å². The summed E-state index contributed by atoms with van der Waals surface area (Å²) in [6, 6.07) is 5.76. The predicted octanol–water partition coefficient (Wildman–Crippen LogP) is 2.38. The van der Waals surface area contributed by atoms with Gasteiger partial charge >= 0.3 is 5.97 Å². The molecule has 1 heterocycles. The lowest BCUT2D eigenvalue weighted by Crippen LogP contribution is -2.39. The van der Waals surface area contributed by atoms with Gasteiger partial charge in [-0.25, -0.2) is 4.39 Å². The first kappa shape index (κ1) is 14.0. The number of hydrogen-bond acceptors (Lipinski definition) is 3. The number of fused-ring (bicyclic) bond motifs is 1. The van der Waals surface area contributed by atoms with Gasteiger partial charge in [0.2, 0.25) is 0 Å². The molecule has 2 aliphatic rings. The Morgan fingerprint density at radius 2 is 2.29 bits per heavy atom. The van der Waals surface area contributed by atoms with Crippen molar-refractivity contribution >= 4 is 5.97 Å². The van der Waals surface area contributed by atoms with Gasteiger partial charge in [-0.15, -0.1) is 0 Å². The van der Waals surface area contributed by atoms with E-state index in [1.807, 2.05) is 11.0 Å². The number of benzene rings is 1. The molecule has 4 nitrogen and oxygen atoms in total. The third-order valence-electron chi connectivity index (χ3n) is 4.79. The zero-order chi connectivity index (χ0) is 15.0. The Hall–Kier alpha value is -1.93. The minimum absolute atomic E-state index is 0.198. The van der Waals surface area contributed by atoms with E-state index in [-0.39, 0.29) is 11.5 Å². The first-order valence-electron chi connectivity index (χ1n) is 7.25. The van der Waals surface area contributed by atoms with Crippen molar-refractivity contribution in [1.29, 1.82) is 5.26 Å². The van der Waals surface area contributed by atoms with E-state index in [4.69, 9.17) is 5.26 Å². The second-order valence-corrected chi connectivity index (χ2v) is 5.99. The van der Waals surface area contributed by atoms with E-state index in [2.05, 4.69) is 0 Å². The first-order valence-corrected chi connectivity index (χ1v) is 7.25. The highest BCUT2D eigenvalue weighted by molar-refractivity contribution is 5.74. The molecular weight excluding hydrogens is 271 g/mol. The molecule has 3 atom stereocenters. The number of aliphatic carboxylic acids is 1. The summed E-state index contributed by atoms with van der Waals surface area (Å²) in [5.41, 5.74) is 0.740. The molecule has 0 radical (unpaired) electrons. The van der Waals surface area contributed by atoms with Gasteiger partial charge in [0.1, 0.15) is 11.9 Å². The molecular formula is C16H17FN2O2. The molecule has 1 aromatic carbocycles. The SMILES string of the molecule is N#Cc1ccc(CN2CC3CCCC3C2C(=O)O)c(F)c1. The number of nitriles is 1. The quantitative estimate of drug-likeness (QED) is 0.927. The number of carboxylic acid groups (broad SMARTS) is 1. The van der Waals surface area contributed by atoms with Gasteiger partial charge in [-0.3, -0.25) is 9.69 Å². The van der Waals surface area contributed by atoms with Crippen molar-refractivity contribution in [2.75, 3.05) is 6.54 Å². The van der Waals surface area contributed by atoms with E-state index < -0.39 is 17.8 Å². The van der Waals surface area contributed by atoms with Crippen molar-refractivity contribution in [2.45, 2.75) is 31.8 Å². The Morgan fingerprint density at radius 1 is 1.48 bits per heavy atom. The van der Waals surface area contributed by atoms with Gasteiger partial charge in [0.25, 0.3) is 0 Å². The van der Waals surface area contributed by atoms with Gasteiger partial charge in [0.15, 0.2) is 0 Å². The molecule has 0 aromatic heterocycles. The number of carboxylic acids is 1. The monoisotopic (exact) mass is 288 g/mol. The van der Waals surface area contributed by atoms with Crippen molar-refractivity contribution in [1.82, 2.24) is 4.90 Å². The topological polar surface area (TPSA) is 64.3 Å². The third-order valence-corrected chi connectivity index (χ3v) is 4.79. The summed E-state index contributed by atoms with van der Waals surface area (Å²) in [7, 11) is 0. The summed E-state index contributed by atoms with van der Waals surface area (Å²) in [4.78, 5) is 13.4. The average molecular weight is 288 g/mol.